The summed E-state index contributed by atoms with van der Waals surface area (Å²) in [6.45, 7) is 6.29. The lowest BCUT2D eigenvalue weighted by Crippen LogP contribution is -2.35. The zero-order chi connectivity index (χ0) is 17.0. The Hall–Kier alpha value is -1.98. The molecule has 1 aromatic heterocycles. The van der Waals surface area contributed by atoms with E-state index in [0.29, 0.717) is 17.4 Å². The summed E-state index contributed by atoms with van der Waals surface area (Å²) in [6.07, 6.45) is 0. The number of aromatic nitrogens is 2. The summed E-state index contributed by atoms with van der Waals surface area (Å²) >= 11 is 5.91. The molecular weight excluding hydrogens is 314 g/mol. The third-order valence-corrected chi connectivity index (χ3v) is 3.70. The first-order valence-electron chi connectivity index (χ1n) is 7.41. The Balaban J connectivity index is 2.29. The molecule has 1 aromatic carbocycles. The number of halogens is 1. The van der Waals surface area contributed by atoms with Crippen LogP contribution in [0.1, 0.15) is 25.2 Å². The molecule has 0 saturated carbocycles. The van der Waals surface area contributed by atoms with E-state index in [1.165, 1.54) is 0 Å². The molecule has 0 bridgehead atoms. The van der Waals surface area contributed by atoms with Gasteiger partial charge in [-0.15, -0.1) is 0 Å². The van der Waals surface area contributed by atoms with Crippen LogP contribution < -0.4 is 0 Å². The molecule has 0 aliphatic rings. The van der Waals surface area contributed by atoms with Crippen molar-refractivity contribution in [2.75, 3.05) is 6.54 Å². The van der Waals surface area contributed by atoms with Crippen molar-refractivity contribution < 1.29 is 9.90 Å². The smallest absolute Gasteiger partial charge is 0.317 e. The second-order valence-electron chi connectivity index (χ2n) is 5.72. The van der Waals surface area contributed by atoms with Crippen LogP contribution in [0, 0.1) is 6.92 Å². The van der Waals surface area contributed by atoms with Crippen molar-refractivity contribution in [3.8, 4) is 11.4 Å². The van der Waals surface area contributed by atoms with Gasteiger partial charge in [-0.2, -0.15) is 0 Å². The summed E-state index contributed by atoms with van der Waals surface area (Å²) in [5.74, 6) is -0.224. The van der Waals surface area contributed by atoms with Crippen LogP contribution in [0.25, 0.3) is 11.4 Å². The van der Waals surface area contributed by atoms with Crippen molar-refractivity contribution in [3.05, 3.63) is 46.7 Å². The molecule has 5 nitrogen and oxygen atoms in total. The molecule has 122 valence electrons. The van der Waals surface area contributed by atoms with Gasteiger partial charge in [0.25, 0.3) is 0 Å². The van der Waals surface area contributed by atoms with Crippen molar-refractivity contribution in [1.29, 1.82) is 0 Å². The van der Waals surface area contributed by atoms with Gasteiger partial charge in [0, 0.05) is 28.9 Å². The minimum absolute atomic E-state index is 0.0169. The zero-order valence-corrected chi connectivity index (χ0v) is 14.2. The van der Waals surface area contributed by atoms with Crippen LogP contribution >= 0.6 is 11.6 Å². The van der Waals surface area contributed by atoms with Crippen LogP contribution in [0.5, 0.6) is 0 Å². The average Bonchev–Trinajstić information content (AvgIpc) is 2.46. The minimum atomic E-state index is -0.845. The Morgan fingerprint density at radius 1 is 1.26 bits per heavy atom. The molecule has 0 saturated heterocycles. The molecule has 0 spiro atoms. The predicted molar refractivity (Wildman–Crippen MR) is 90.4 cm³/mol. The van der Waals surface area contributed by atoms with Crippen LogP contribution in [-0.4, -0.2) is 38.5 Å². The van der Waals surface area contributed by atoms with Crippen LogP contribution in [0.4, 0.5) is 0 Å². The van der Waals surface area contributed by atoms with Gasteiger partial charge in [-0.05, 0) is 51.1 Å². The highest BCUT2D eigenvalue weighted by Gasteiger charge is 2.15. The highest BCUT2D eigenvalue weighted by molar-refractivity contribution is 6.30. The lowest BCUT2D eigenvalue weighted by Gasteiger charge is -2.24. The summed E-state index contributed by atoms with van der Waals surface area (Å²) in [5, 5.41) is 9.70. The Morgan fingerprint density at radius 2 is 1.91 bits per heavy atom. The Morgan fingerprint density at radius 3 is 2.48 bits per heavy atom. The Kier molecular flexibility index (Phi) is 5.69. The fourth-order valence-electron chi connectivity index (χ4n) is 2.25. The van der Waals surface area contributed by atoms with Gasteiger partial charge < -0.3 is 5.11 Å². The molecule has 1 heterocycles. The number of carboxylic acid groups (broad SMARTS) is 1. The second-order valence-corrected chi connectivity index (χ2v) is 6.16. The first-order valence-corrected chi connectivity index (χ1v) is 7.79. The molecule has 2 aromatic rings. The van der Waals surface area contributed by atoms with Gasteiger partial charge in [-0.1, -0.05) is 11.6 Å². The molecule has 0 fully saturated rings. The summed E-state index contributed by atoms with van der Waals surface area (Å²) < 4.78 is 0. The number of hydrogen-bond acceptors (Lipinski definition) is 4. The number of benzene rings is 1. The topological polar surface area (TPSA) is 66.3 Å². The maximum absolute atomic E-state index is 11.0. The van der Waals surface area contributed by atoms with Crippen LogP contribution in [0.2, 0.25) is 5.02 Å². The van der Waals surface area contributed by atoms with Crippen molar-refractivity contribution >= 4 is 17.6 Å². The molecule has 0 radical (unpaired) electrons. The summed E-state index contributed by atoms with van der Waals surface area (Å²) in [6, 6.07) is 9.34. The first-order chi connectivity index (χ1) is 10.8. The number of carbonyl (C=O) groups is 1. The molecule has 0 unspecified atom stereocenters. The van der Waals surface area contributed by atoms with E-state index in [-0.39, 0.29) is 12.6 Å². The number of hydrogen-bond donors (Lipinski definition) is 1. The number of aliphatic carboxylic acids is 1. The van der Waals surface area contributed by atoms with E-state index in [1.807, 2.05) is 43.9 Å². The fraction of sp³-hybridized carbons (Fsp3) is 0.353. The van der Waals surface area contributed by atoms with E-state index in [0.717, 1.165) is 17.0 Å². The van der Waals surface area contributed by atoms with Crippen molar-refractivity contribution in [3.63, 3.8) is 0 Å². The molecule has 0 amide bonds. The average molecular weight is 334 g/mol. The van der Waals surface area contributed by atoms with E-state index in [4.69, 9.17) is 16.7 Å². The third-order valence-electron chi connectivity index (χ3n) is 3.44. The van der Waals surface area contributed by atoms with Crippen LogP contribution in [0.3, 0.4) is 0 Å². The number of nitrogens with zero attached hydrogens (tertiary/aromatic N) is 3. The predicted octanol–water partition coefficient (Wildman–Crippen LogP) is 3.40. The van der Waals surface area contributed by atoms with Gasteiger partial charge in [0.05, 0.1) is 12.2 Å². The zero-order valence-electron chi connectivity index (χ0n) is 13.5. The lowest BCUT2D eigenvalue weighted by molar-refractivity contribution is -0.138. The van der Waals surface area contributed by atoms with Crippen molar-refractivity contribution in [1.82, 2.24) is 14.9 Å². The Bertz CT molecular complexity index is 687. The second kappa shape index (κ2) is 7.53. The molecule has 23 heavy (non-hydrogen) atoms. The van der Waals surface area contributed by atoms with Crippen LogP contribution in [-0.2, 0) is 11.3 Å². The molecule has 2 rings (SSSR count). The molecular formula is C17H20ClN3O2. The number of rotatable bonds is 6. The van der Waals surface area contributed by atoms with Gasteiger partial charge in [-0.3, -0.25) is 9.69 Å². The van der Waals surface area contributed by atoms with Gasteiger partial charge in [-0.25, -0.2) is 9.97 Å². The highest BCUT2D eigenvalue weighted by Crippen LogP contribution is 2.19. The lowest BCUT2D eigenvalue weighted by atomic mass is 10.2. The van der Waals surface area contributed by atoms with Crippen LogP contribution in [0.15, 0.2) is 30.3 Å². The van der Waals surface area contributed by atoms with E-state index in [1.54, 1.807) is 12.1 Å². The van der Waals surface area contributed by atoms with E-state index < -0.39 is 5.97 Å². The summed E-state index contributed by atoms with van der Waals surface area (Å²) in [4.78, 5) is 21.9. The normalized spacial score (nSPS) is 11.2. The number of carboxylic acids is 1. The minimum Gasteiger partial charge on any atom is -0.480 e. The SMILES string of the molecule is Cc1cc(CN(CC(=O)O)C(C)C)nc(-c2ccc(Cl)cc2)n1. The van der Waals surface area contributed by atoms with Gasteiger partial charge in [0.15, 0.2) is 5.82 Å². The highest BCUT2D eigenvalue weighted by atomic mass is 35.5. The van der Waals surface area contributed by atoms with E-state index >= 15 is 0 Å². The van der Waals surface area contributed by atoms with Crippen molar-refractivity contribution in [2.45, 2.75) is 33.4 Å². The Labute approximate surface area is 141 Å². The van der Waals surface area contributed by atoms with Crippen molar-refractivity contribution in [2.24, 2.45) is 0 Å². The van der Waals surface area contributed by atoms with Gasteiger partial charge in [0.1, 0.15) is 0 Å². The maximum Gasteiger partial charge on any atom is 0.317 e. The standard InChI is InChI=1S/C17H20ClN3O2/c1-11(2)21(10-16(22)23)9-15-8-12(3)19-17(20-15)13-4-6-14(18)7-5-13/h4-8,11H,9-10H2,1-3H3,(H,22,23). The maximum atomic E-state index is 11.0. The first kappa shape index (κ1) is 17.4. The van der Waals surface area contributed by atoms with E-state index in [9.17, 15) is 4.79 Å². The largest absolute Gasteiger partial charge is 0.480 e. The fourth-order valence-corrected chi connectivity index (χ4v) is 2.37. The molecule has 0 aliphatic heterocycles. The van der Waals surface area contributed by atoms with Gasteiger partial charge >= 0.3 is 5.97 Å². The molecule has 6 heteroatoms. The summed E-state index contributed by atoms with van der Waals surface area (Å²) in [7, 11) is 0. The molecule has 1 N–H and O–H groups in total. The molecule has 0 atom stereocenters. The monoisotopic (exact) mass is 333 g/mol. The van der Waals surface area contributed by atoms with E-state index in [2.05, 4.69) is 9.97 Å². The summed E-state index contributed by atoms with van der Waals surface area (Å²) in [5.41, 5.74) is 2.53. The number of aryl methyl sites for hydroxylation is 1. The quantitative estimate of drug-likeness (QED) is 0.877. The molecule has 0 aliphatic carbocycles. The third kappa shape index (κ3) is 5.01. The van der Waals surface area contributed by atoms with Gasteiger partial charge in [0.2, 0.25) is 0 Å².